The Morgan fingerprint density at radius 1 is 1.15 bits per heavy atom. The predicted molar refractivity (Wildman–Crippen MR) is 148 cm³/mol. The number of fused-ring (bicyclic) bond motifs is 5. The van der Waals surface area contributed by atoms with E-state index in [1.54, 1.807) is 6.07 Å². The van der Waals surface area contributed by atoms with E-state index >= 15 is 0 Å². The first-order chi connectivity index (χ1) is 19.3. The number of nitrogens with one attached hydrogen (secondary N) is 2. The lowest BCUT2D eigenvalue weighted by atomic mass is 9.55. The van der Waals surface area contributed by atoms with Crippen LogP contribution in [0.1, 0.15) is 68.9 Å². The van der Waals surface area contributed by atoms with Crippen LogP contribution in [0.2, 0.25) is 0 Å². The summed E-state index contributed by atoms with van der Waals surface area (Å²) in [6.07, 6.45) is 4.00. The van der Waals surface area contributed by atoms with Gasteiger partial charge in [-0.2, -0.15) is 0 Å². The summed E-state index contributed by atoms with van der Waals surface area (Å²) >= 11 is 1.08. The molecule has 12 nitrogen and oxygen atoms in total. The van der Waals surface area contributed by atoms with E-state index in [4.69, 9.17) is 15.9 Å². The number of hydrogen-bond donors (Lipinski definition) is 7. The van der Waals surface area contributed by atoms with Gasteiger partial charge in [0.25, 0.3) is 0 Å². The van der Waals surface area contributed by atoms with E-state index in [1.807, 2.05) is 0 Å². The molecule has 13 heteroatoms. The smallest absolute Gasteiger partial charge is 0.322 e. The molecule has 1 aromatic rings. The number of benzene rings is 1. The van der Waals surface area contributed by atoms with E-state index < -0.39 is 42.4 Å². The topological polar surface area (TPSA) is 216 Å². The molecular weight excluding hydrogens is 554 g/mol. The fourth-order valence-corrected chi connectivity index (χ4v) is 8.16. The van der Waals surface area contributed by atoms with Crippen LogP contribution in [0.3, 0.4) is 0 Å². The van der Waals surface area contributed by atoms with Gasteiger partial charge < -0.3 is 36.8 Å². The number of Topliss-reactive ketones (excluding diaryl/α,β-unsaturated/α-hetero) is 1. The second-order valence-corrected chi connectivity index (χ2v) is 12.5. The van der Waals surface area contributed by atoms with E-state index in [9.17, 15) is 34.2 Å². The van der Waals surface area contributed by atoms with Crippen molar-refractivity contribution >= 4 is 41.3 Å². The van der Waals surface area contributed by atoms with Crippen molar-refractivity contribution in [1.29, 1.82) is 0 Å². The fourth-order valence-electron chi connectivity index (χ4n) is 6.91. The second kappa shape index (κ2) is 12.3. The van der Waals surface area contributed by atoms with Crippen molar-refractivity contribution in [3.05, 3.63) is 17.2 Å². The molecule has 3 aliphatic carbocycles. The quantitative estimate of drug-likeness (QED) is 0.144. The van der Waals surface area contributed by atoms with Crippen LogP contribution in [0.5, 0.6) is 11.5 Å². The molecule has 2 fully saturated rings. The molecule has 3 aliphatic rings. The molecule has 6 unspecified atom stereocenters. The summed E-state index contributed by atoms with van der Waals surface area (Å²) in [7, 11) is 0. The maximum absolute atomic E-state index is 12.8. The lowest BCUT2D eigenvalue weighted by Gasteiger charge is -2.48. The number of carbonyl (C=O) groups excluding carboxylic acids is 3. The number of hydrogen-bond acceptors (Lipinski definition) is 9. The monoisotopic (exact) mass is 591 g/mol. The Hall–Kier alpha value is -3.32. The Balaban J connectivity index is 1.57. The fraction of sp³-hybridized carbons (Fsp3) is 0.607. The minimum Gasteiger partial charge on any atom is -0.504 e. The van der Waals surface area contributed by atoms with E-state index in [-0.39, 0.29) is 53.3 Å². The third-order valence-corrected chi connectivity index (χ3v) is 10.3. The Morgan fingerprint density at radius 2 is 1.88 bits per heavy atom. The molecular formula is C28H37N3O9S. The number of aliphatic carboxylic acids is 2. The number of carboxylic acids is 2. The van der Waals surface area contributed by atoms with Crippen LogP contribution >= 0.6 is 11.8 Å². The predicted octanol–water partition coefficient (Wildman–Crippen LogP) is 1.49. The van der Waals surface area contributed by atoms with Crippen molar-refractivity contribution in [2.24, 2.45) is 23.0 Å². The lowest BCUT2D eigenvalue weighted by Crippen LogP contribution is -2.49. The zero-order valence-electron chi connectivity index (χ0n) is 22.9. The maximum atomic E-state index is 12.8. The third-order valence-electron chi connectivity index (χ3n) is 9.08. The standard InChI is InChI=1S/C28H37N3O9S/c1-28-9-8-15-14(16(28)4-6-20(28)33)3-2-13-10-19(32)24(37)25(23(13)15)41-12-18(26(38)30-11-22(35)36)31-21(34)7-5-17(29)27(39)40/h10,14-18,32,37H,2-9,11-12,29H2,1H3,(H,30,38)(H,31,34)(H,35,36)(H,39,40). The van der Waals surface area contributed by atoms with Gasteiger partial charge in [-0.1, -0.05) is 6.92 Å². The number of phenols is 2. The van der Waals surface area contributed by atoms with Crippen molar-refractivity contribution in [2.45, 2.75) is 81.2 Å². The first kappa shape index (κ1) is 30.6. The Morgan fingerprint density at radius 3 is 2.56 bits per heavy atom. The maximum Gasteiger partial charge on any atom is 0.322 e. The number of aromatic hydroxyl groups is 2. The highest BCUT2D eigenvalue weighted by atomic mass is 32.2. The Bertz CT molecular complexity index is 1250. The van der Waals surface area contributed by atoms with Gasteiger partial charge in [0.15, 0.2) is 11.5 Å². The second-order valence-electron chi connectivity index (χ2n) is 11.5. The summed E-state index contributed by atoms with van der Waals surface area (Å²) in [4.78, 5) is 60.5. The summed E-state index contributed by atoms with van der Waals surface area (Å²) in [5.41, 5.74) is 6.92. The molecule has 4 rings (SSSR count). The molecule has 1 aromatic carbocycles. The van der Waals surface area contributed by atoms with Gasteiger partial charge in [0.1, 0.15) is 24.4 Å². The summed E-state index contributed by atoms with van der Waals surface area (Å²) in [6.45, 7) is 1.39. The van der Waals surface area contributed by atoms with Gasteiger partial charge in [-0.3, -0.25) is 24.0 Å². The number of carbonyl (C=O) groups is 5. The van der Waals surface area contributed by atoms with Crippen molar-refractivity contribution in [1.82, 2.24) is 10.6 Å². The molecule has 0 bridgehead atoms. The highest BCUT2D eigenvalue weighted by molar-refractivity contribution is 7.99. The third kappa shape index (κ3) is 6.30. The van der Waals surface area contributed by atoms with Gasteiger partial charge in [-0.25, -0.2) is 0 Å². The lowest BCUT2D eigenvalue weighted by molar-refractivity contribution is -0.139. The van der Waals surface area contributed by atoms with Gasteiger partial charge in [0.2, 0.25) is 11.8 Å². The van der Waals surface area contributed by atoms with Crippen molar-refractivity contribution in [2.75, 3.05) is 12.3 Å². The summed E-state index contributed by atoms with van der Waals surface area (Å²) in [6, 6.07) is -0.902. The van der Waals surface area contributed by atoms with Crippen molar-refractivity contribution in [3.63, 3.8) is 0 Å². The summed E-state index contributed by atoms with van der Waals surface area (Å²) in [5, 5.41) is 44.2. The van der Waals surface area contributed by atoms with E-state index in [1.165, 1.54) is 0 Å². The van der Waals surface area contributed by atoms with Crippen LogP contribution in [0.25, 0.3) is 0 Å². The number of ketones is 1. The zero-order valence-corrected chi connectivity index (χ0v) is 23.7. The Labute approximate surface area is 241 Å². The number of carboxylic acid groups (broad SMARTS) is 2. The van der Waals surface area contributed by atoms with Crippen LogP contribution in [0.4, 0.5) is 0 Å². The SMILES string of the molecule is CC12CCC3c4c(cc(O)c(O)c4SCC(NC(=O)CCC(N)C(=O)O)C(=O)NCC(=O)O)CCC3C1CCC2=O. The van der Waals surface area contributed by atoms with Crippen molar-refractivity contribution < 1.29 is 44.4 Å². The number of amides is 2. The number of nitrogens with two attached hydrogens (primary N) is 1. The van der Waals surface area contributed by atoms with Gasteiger partial charge in [-0.05, 0) is 73.5 Å². The zero-order chi connectivity index (χ0) is 30.1. The van der Waals surface area contributed by atoms with E-state index in [0.717, 1.165) is 48.6 Å². The van der Waals surface area contributed by atoms with E-state index in [0.29, 0.717) is 23.5 Å². The van der Waals surface area contributed by atoms with Gasteiger partial charge in [0.05, 0.1) is 4.90 Å². The van der Waals surface area contributed by atoms with Gasteiger partial charge in [0, 0.05) is 24.0 Å². The van der Waals surface area contributed by atoms with E-state index in [2.05, 4.69) is 17.6 Å². The molecule has 0 aromatic heterocycles. The van der Waals surface area contributed by atoms with Crippen LogP contribution in [0, 0.1) is 17.3 Å². The number of phenolic OH excluding ortho intramolecular Hbond substituents is 2. The normalized spacial score (nSPS) is 26.2. The highest BCUT2D eigenvalue weighted by Crippen LogP contribution is 2.61. The molecule has 0 radical (unpaired) electrons. The molecule has 224 valence electrons. The molecule has 0 aliphatic heterocycles. The van der Waals surface area contributed by atoms with Crippen LogP contribution < -0.4 is 16.4 Å². The minimum absolute atomic E-state index is 0.0584. The van der Waals surface area contributed by atoms with Gasteiger partial charge in [-0.15, -0.1) is 11.8 Å². The van der Waals surface area contributed by atoms with Crippen LogP contribution in [0.15, 0.2) is 11.0 Å². The minimum atomic E-state index is -1.27. The van der Waals surface area contributed by atoms with Crippen molar-refractivity contribution in [3.8, 4) is 11.5 Å². The summed E-state index contributed by atoms with van der Waals surface area (Å²) < 4.78 is 0. The molecule has 0 spiro atoms. The first-order valence-corrected chi connectivity index (χ1v) is 14.8. The number of aryl methyl sites for hydroxylation is 1. The molecule has 0 saturated heterocycles. The summed E-state index contributed by atoms with van der Waals surface area (Å²) in [5.74, 6) is -3.81. The molecule has 0 heterocycles. The first-order valence-electron chi connectivity index (χ1n) is 13.8. The molecule has 2 amide bonds. The van der Waals surface area contributed by atoms with Gasteiger partial charge >= 0.3 is 11.9 Å². The molecule has 41 heavy (non-hydrogen) atoms. The molecule has 2 saturated carbocycles. The average molecular weight is 592 g/mol. The highest BCUT2D eigenvalue weighted by Gasteiger charge is 2.55. The Kier molecular flexibility index (Phi) is 9.17. The molecule has 8 N–H and O–H groups in total. The molecule has 6 atom stereocenters. The van der Waals surface area contributed by atoms with Crippen LogP contribution in [-0.2, 0) is 30.4 Å². The van der Waals surface area contributed by atoms with Crippen LogP contribution in [-0.4, -0.2) is 74.3 Å². The average Bonchev–Trinajstić information content (AvgIpc) is 3.23. The number of thioether (sulfide) groups is 1. The largest absolute Gasteiger partial charge is 0.504 e. The number of rotatable bonds is 11.